The van der Waals surface area contributed by atoms with Crippen LogP contribution in [-0.4, -0.2) is 27.9 Å². The number of carboxylic acids is 1. The van der Waals surface area contributed by atoms with Gasteiger partial charge in [0.1, 0.15) is 11.9 Å². The van der Waals surface area contributed by atoms with E-state index in [1.165, 1.54) is 0 Å². The molecule has 0 radical (unpaired) electrons. The summed E-state index contributed by atoms with van der Waals surface area (Å²) < 4.78 is 26.7. The first kappa shape index (κ1) is 16.5. The molecule has 0 aliphatic rings. The molecule has 7 nitrogen and oxygen atoms in total. The highest BCUT2D eigenvalue weighted by atomic mass is 19.1. The van der Waals surface area contributed by atoms with Gasteiger partial charge in [-0.25, -0.2) is 9.18 Å². The van der Waals surface area contributed by atoms with Gasteiger partial charge in [-0.3, -0.25) is 14.9 Å². The summed E-state index contributed by atoms with van der Waals surface area (Å²) in [6.07, 6.45) is 0.551. The summed E-state index contributed by atoms with van der Waals surface area (Å²) in [7, 11) is 0. The number of benzene rings is 1. The van der Waals surface area contributed by atoms with Gasteiger partial charge in [0.25, 0.3) is 5.91 Å². The first-order valence-electron chi connectivity index (χ1n) is 5.95. The number of nitro benzene ring substituents is 1. The van der Waals surface area contributed by atoms with Gasteiger partial charge in [0.15, 0.2) is 0 Å². The topological polar surface area (TPSA) is 110 Å². The molecular formula is C12H12F2N2O5. The summed E-state index contributed by atoms with van der Waals surface area (Å²) in [5.74, 6) is -5.20. The largest absolute Gasteiger partial charge is 0.480 e. The number of nitrogens with zero attached hydrogens (tertiary/aromatic N) is 1. The van der Waals surface area contributed by atoms with E-state index in [1.807, 2.05) is 5.32 Å². The maximum Gasteiger partial charge on any atom is 0.326 e. The zero-order chi connectivity index (χ0) is 16.2. The maximum atomic E-state index is 13.5. The SMILES string of the molecule is CCCC(NC(=O)c1cc([N+](=O)[O-])c(F)cc1F)C(=O)O. The van der Waals surface area contributed by atoms with Crippen LogP contribution in [0.4, 0.5) is 14.5 Å². The predicted molar refractivity (Wildman–Crippen MR) is 66.8 cm³/mol. The molecule has 0 aliphatic heterocycles. The summed E-state index contributed by atoms with van der Waals surface area (Å²) in [5.41, 5.74) is -1.85. The number of carbonyl (C=O) groups excluding carboxylic acids is 1. The lowest BCUT2D eigenvalue weighted by atomic mass is 10.1. The van der Waals surface area contributed by atoms with Crippen LogP contribution >= 0.6 is 0 Å². The monoisotopic (exact) mass is 302 g/mol. The summed E-state index contributed by atoms with van der Waals surface area (Å²) in [4.78, 5) is 32.1. The van der Waals surface area contributed by atoms with E-state index in [1.54, 1.807) is 6.92 Å². The van der Waals surface area contributed by atoms with Gasteiger partial charge in [0, 0.05) is 12.1 Å². The quantitative estimate of drug-likeness (QED) is 0.615. The van der Waals surface area contributed by atoms with Crippen LogP contribution in [0.5, 0.6) is 0 Å². The van der Waals surface area contributed by atoms with Crippen LogP contribution in [-0.2, 0) is 4.79 Å². The van der Waals surface area contributed by atoms with Gasteiger partial charge in [-0.15, -0.1) is 0 Å². The molecule has 0 saturated carbocycles. The van der Waals surface area contributed by atoms with Crippen molar-refractivity contribution in [2.24, 2.45) is 0 Å². The Kier molecular flexibility index (Phi) is 5.28. The second kappa shape index (κ2) is 6.73. The van der Waals surface area contributed by atoms with Gasteiger partial charge in [-0.05, 0) is 6.42 Å². The van der Waals surface area contributed by atoms with Crippen molar-refractivity contribution in [3.05, 3.63) is 39.4 Å². The smallest absolute Gasteiger partial charge is 0.326 e. The Hall–Kier alpha value is -2.58. The molecule has 1 aromatic carbocycles. The summed E-state index contributed by atoms with van der Waals surface area (Å²) in [6, 6.07) is -0.612. The fourth-order valence-electron chi connectivity index (χ4n) is 1.63. The first-order valence-corrected chi connectivity index (χ1v) is 5.95. The third-order valence-electron chi connectivity index (χ3n) is 2.66. The number of hydrogen-bond donors (Lipinski definition) is 2. The molecule has 0 aromatic heterocycles. The number of hydrogen-bond acceptors (Lipinski definition) is 4. The fraction of sp³-hybridized carbons (Fsp3) is 0.333. The highest BCUT2D eigenvalue weighted by Crippen LogP contribution is 2.21. The van der Waals surface area contributed by atoms with Crippen molar-refractivity contribution >= 4 is 17.6 Å². The second-order valence-corrected chi connectivity index (χ2v) is 4.19. The minimum absolute atomic E-state index is 0.103. The molecule has 9 heteroatoms. The number of halogens is 2. The Labute approximate surface area is 117 Å². The molecule has 1 atom stereocenters. The molecule has 1 rings (SSSR count). The van der Waals surface area contributed by atoms with Crippen LogP contribution in [0, 0.1) is 21.7 Å². The maximum absolute atomic E-state index is 13.5. The van der Waals surface area contributed by atoms with E-state index >= 15 is 0 Å². The summed E-state index contributed by atoms with van der Waals surface area (Å²) in [5, 5.41) is 21.5. The minimum atomic E-state index is -1.42. The van der Waals surface area contributed by atoms with E-state index in [4.69, 9.17) is 5.11 Å². The van der Waals surface area contributed by atoms with Crippen LogP contribution < -0.4 is 5.32 Å². The van der Waals surface area contributed by atoms with E-state index in [-0.39, 0.29) is 12.5 Å². The Bertz CT molecular complexity index is 591. The number of carbonyl (C=O) groups is 2. The highest BCUT2D eigenvalue weighted by Gasteiger charge is 2.25. The molecule has 114 valence electrons. The van der Waals surface area contributed by atoms with Gasteiger partial charge in [0.05, 0.1) is 10.5 Å². The Morgan fingerprint density at radius 1 is 1.38 bits per heavy atom. The molecule has 2 N–H and O–H groups in total. The number of nitro groups is 1. The van der Waals surface area contributed by atoms with E-state index in [0.29, 0.717) is 12.5 Å². The van der Waals surface area contributed by atoms with Gasteiger partial charge >= 0.3 is 11.7 Å². The van der Waals surface area contributed by atoms with Gasteiger partial charge in [-0.2, -0.15) is 4.39 Å². The normalized spacial score (nSPS) is 11.8. The lowest BCUT2D eigenvalue weighted by Gasteiger charge is -2.13. The average molecular weight is 302 g/mol. The van der Waals surface area contributed by atoms with Crippen molar-refractivity contribution in [1.29, 1.82) is 0 Å². The van der Waals surface area contributed by atoms with Crippen LogP contribution in [0.15, 0.2) is 12.1 Å². The van der Waals surface area contributed by atoms with Gasteiger partial charge < -0.3 is 10.4 Å². The van der Waals surface area contributed by atoms with E-state index in [0.717, 1.165) is 0 Å². The Morgan fingerprint density at radius 2 is 2.00 bits per heavy atom. The molecule has 0 spiro atoms. The number of carboxylic acid groups (broad SMARTS) is 1. The number of amides is 1. The minimum Gasteiger partial charge on any atom is -0.480 e. The third-order valence-corrected chi connectivity index (χ3v) is 2.66. The zero-order valence-corrected chi connectivity index (χ0v) is 10.9. The van der Waals surface area contributed by atoms with Gasteiger partial charge in [0.2, 0.25) is 5.82 Å². The molecule has 0 bridgehead atoms. The fourth-order valence-corrected chi connectivity index (χ4v) is 1.63. The second-order valence-electron chi connectivity index (χ2n) is 4.19. The standard InChI is InChI=1S/C12H12F2N2O5/c1-2-3-9(12(18)19)15-11(17)6-4-10(16(20)21)8(14)5-7(6)13/h4-5,9H,2-3H2,1H3,(H,15,17)(H,18,19). The summed E-state index contributed by atoms with van der Waals surface area (Å²) >= 11 is 0. The molecule has 1 unspecified atom stereocenters. The lowest BCUT2D eigenvalue weighted by Crippen LogP contribution is -2.41. The van der Waals surface area contributed by atoms with Crippen molar-refractivity contribution in [2.45, 2.75) is 25.8 Å². The van der Waals surface area contributed by atoms with Crippen LogP contribution in [0.3, 0.4) is 0 Å². The molecule has 0 saturated heterocycles. The molecule has 0 fully saturated rings. The number of rotatable bonds is 6. The van der Waals surface area contributed by atoms with Crippen LogP contribution in [0.2, 0.25) is 0 Å². The molecule has 0 heterocycles. The van der Waals surface area contributed by atoms with Crippen molar-refractivity contribution in [3.63, 3.8) is 0 Å². The third kappa shape index (κ3) is 3.94. The van der Waals surface area contributed by atoms with E-state index in [2.05, 4.69) is 0 Å². The molecule has 1 amide bonds. The number of aliphatic carboxylic acids is 1. The average Bonchev–Trinajstić information content (AvgIpc) is 2.37. The molecule has 0 aliphatic carbocycles. The Balaban J connectivity index is 3.09. The van der Waals surface area contributed by atoms with Gasteiger partial charge in [-0.1, -0.05) is 13.3 Å². The van der Waals surface area contributed by atoms with Crippen LogP contribution in [0.1, 0.15) is 30.1 Å². The van der Waals surface area contributed by atoms with Crippen molar-refractivity contribution in [3.8, 4) is 0 Å². The van der Waals surface area contributed by atoms with E-state index in [9.17, 15) is 28.5 Å². The van der Waals surface area contributed by atoms with Crippen molar-refractivity contribution in [2.75, 3.05) is 0 Å². The Morgan fingerprint density at radius 3 is 2.48 bits per heavy atom. The first-order chi connectivity index (χ1) is 9.77. The predicted octanol–water partition coefficient (Wildman–Crippen LogP) is 1.86. The molecule has 1 aromatic rings. The van der Waals surface area contributed by atoms with Crippen molar-refractivity contribution < 1.29 is 28.4 Å². The highest BCUT2D eigenvalue weighted by molar-refractivity contribution is 5.97. The zero-order valence-electron chi connectivity index (χ0n) is 10.9. The lowest BCUT2D eigenvalue weighted by molar-refractivity contribution is -0.387. The molecule has 21 heavy (non-hydrogen) atoms. The number of nitrogens with one attached hydrogen (secondary N) is 1. The van der Waals surface area contributed by atoms with Crippen molar-refractivity contribution in [1.82, 2.24) is 5.32 Å². The van der Waals surface area contributed by atoms with E-state index < -0.39 is 45.7 Å². The van der Waals surface area contributed by atoms with Crippen LogP contribution in [0.25, 0.3) is 0 Å². The molecular weight excluding hydrogens is 290 g/mol. The summed E-state index contributed by atoms with van der Waals surface area (Å²) in [6.45, 7) is 1.69.